The number of nitrogens with one attached hydrogen (secondary N) is 1. The van der Waals surface area contributed by atoms with Gasteiger partial charge in [-0.05, 0) is 48.9 Å². The number of piperazine rings is 1. The standard InChI is InChI=1S/C26H29F3N6O2/c1-3-34-10-12-35(13-11-34)16-19-6-7-20(15-21(19)26(27,28)29)32-24(36)18-5-4-17(2)22(14-18)37-23-8-9-31-25(30)33-23/h4-9,14-15H,3,10-13,16H2,1-2H3,(H,32,36)(H2,30,31,33). The molecule has 1 saturated heterocycles. The summed E-state index contributed by atoms with van der Waals surface area (Å²) in [5.74, 6) is 0.0368. The molecule has 2 aromatic carbocycles. The summed E-state index contributed by atoms with van der Waals surface area (Å²) in [7, 11) is 0. The van der Waals surface area contributed by atoms with Crippen molar-refractivity contribution in [2.75, 3.05) is 43.8 Å². The number of benzene rings is 2. The van der Waals surface area contributed by atoms with Crippen molar-refractivity contribution in [3.05, 3.63) is 70.9 Å². The Morgan fingerprint density at radius 3 is 2.49 bits per heavy atom. The van der Waals surface area contributed by atoms with E-state index in [0.29, 0.717) is 18.8 Å². The number of likely N-dealkylation sites (N-methyl/N-ethyl adjacent to an activating group) is 1. The van der Waals surface area contributed by atoms with E-state index in [2.05, 4.69) is 27.1 Å². The van der Waals surface area contributed by atoms with E-state index in [1.165, 1.54) is 30.5 Å². The van der Waals surface area contributed by atoms with Gasteiger partial charge in [-0.15, -0.1) is 0 Å². The smallest absolute Gasteiger partial charge is 0.416 e. The number of aryl methyl sites for hydroxylation is 1. The number of halogens is 3. The Balaban J connectivity index is 1.50. The van der Waals surface area contributed by atoms with Crippen LogP contribution in [0, 0.1) is 6.92 Å². The molecule has 37 heavy (non-hydrogen) atoms. The maximum absolute atomic E-state index is 13.9. The van der Waals surface area contributed by atoms with Gasteiger partial charge in [0, 0.05) is 56.2 Å². The van der Waals surface area contributed by atoms with Crippen molar-refractivity contribution in [1.82, 2.24) is 19.8 Å². The van der Waals surface area contributed by atoms with Gasteiger partial charge < -0.3 is 20.7 Å². The van der Waals surface area contributed by atoms with E-state index in [-0.39, 0.29) is 35.2 Å². The highest BCUT2D eigenvalue weighted by molar-refractivity contribution is 6.04. The molecule has 0 unspecified atom stereocenters. The minimum absolute atomic E-state index is 0.0381. The second-order valence-corrected chi connectivity index (χ2v) is 8.87. The van der Waals surface area contributed by atoms with Crippen LogP contribution in [0.5, 0.6) is 11.6 Å². The van der Waals surface area contributed by atoms with Crippen LogP contribution in [-0.2, 0) is 12.7 Å². The van der Waals surface area contributed by atoms with E-state index < -0.39 is 17.6 Å². The molecule has 3 aromatic rings. The van der Waals surface area contributed by atoms with E-state index in [0.717, 1.165) is 31.3 Å². The number of carbonyl (C=O) groups is 1. The first-order valence-corrected chi connectivity index (χ1v) is 12.0. The predicted octanol–water partition coefficient (Wildman–Crippen LogP) is 4.57. The fraction of sp³-hybridized carbons (Fsp3) is 0.346. The van der Waals surface area contributed by atoms with Gasteiger partial charge in [-0.3, -0.25) is 9.69 Å². The van der Waals surface area contributed by atoms with Gasteiger partial charge in [0.05, 0.1) is 5.56 Å². The molecule has 0 aliphatic carbocycles. The molecule has 8 nitrogen and oxygen atoms in total. The molecule has 0 atom stereocenters. The Morgan fingerprint density at radius 1 is 1.08 bits per heavy atom. The molecule has 0 saturated carbocycles. The van der Waals surface area contributed by atoms with Crippen LogP contribution in [0.1, 0.15) is 34.0 Å². The van der Waals surface area contributed by atoms with E-state index >= 15 is 0 Å². The van der Waals surface area contributed by atoms with Crippen molar-refractivity contribution >= 4 is 17.5 Å². The molecule has 0 radical (unpaired) electrons. The Hall–Kier alpha value is -3.70. The highest BCUT2D eigenvalue weighted by Crippen LogP contribution is 2.35. The normalized spacial score (nSPS) is 14.9. The van der Waals surface area contributed by atoms with Gasteiger partial charge in [-0.1, -0.05) is 19.1 Å². The number of ether oxygens (including phenoxy) is 1. The van der Waals surface area contributed by atoms with E-state index in [4.69, 9.17) is 10.5 Å². The number of hydrogen-bond donors (Lipinski definition) is 2. The minimum atomic E-state index is -4.55. The largest absolute Gasteiger partial charge is 0.439 e. The van der Waals surface area contributed by atoms with Crippen molar-refractivity contribution in [3.63, 3.8) is 0 Å². The first kappa shape index (κ1) is 26.4. The molecule has 11 heteroatoms. The number of carbonyl (C=O) groups excluding carboxylic acids is 1. The van der Waals surface area contributed by atoms with Crippen LogP contribution in [0.15, 0.2) is 48.7 Å². The number of rotatable bonds is 7. The average Bonchev–Trinajstić information content (AvgIpc) is 2.86. The second-order valence-electron chi connectivity index (χ2n) is 8.87. The van der Waals surface area contributed by atoms with Crippen LogP contribution in [0.25, 0.3) is 0 Å². The Kier molecular flexibility index (Phi) is 7.94. The molecular weight excluding hydrogens is 485 g/mol. The molecule has 0 spiro atoms. The van der Waals surface area contributed by atoms with Crippen LogP contribution >= 0.6 is 0 Å². The van der Waals surface area contributed by atoms with Gasteiger partial charge >= 0.3 is 6.18 Å². The second kappa shape index (κ2) is 11.1. The summed E-state index contributed by atoms with van der Waals surface area (Å²) in [5, 5.41) is 2.57. The first-order valence-electron chi connectivity index (χ1n) is 12.0. The van der Waals surface area contributed by atoms with Crippen molar-refractivity contribution in [3.8, 4) is 11.6 Å². The van der Waals surface area contributed by atoms with Crippen LogP contribution in [0.2, 0.25) is 0 Å². The van der Waals surface area contributed by atoms with Crippen molar-refractivity contribution in [1.29, 1.82) is 0 Å². The third kappa shape index (κ3) is 6.75. The summed E-state index contributed by atoms with van der Waals surface area (Å²) in [5.41, 5.74) is 6.02. The lowest BCUT2D eigenvalue weighted by Crippen LogP contribution is -2.45. The summed E-state index contributed by atoms with van der Waals surface area (Å²) in [6, 6.07) is 10.2. The van der Waals surface area contributed by atoms with Crippen LogP contribution in [0.3, 0.4) is 0 Å². The van der Waals surface area contributed by atoms with Gasteiger partial charge in [0.2, 0.25) is 11.8 Å². The average molecular weight is 515 g/mol. The number of alkyl halides is 3. The SMILES string of the molecule is CCN1CCN(Cc2ccc(NC(=O)c3ccc(C)c(Oc4ccnc(N)n4)c3)cc2C(F)(F)F)CC1. The summed E-state index contributed by atoms with van der Waals surface area (Å²) in [6.07, 6.45) is -3.11. The van der Waals surface area contributed by atoms with Gasteiger partial charge in [0.1, 0.15) is 5.75 Å². The van der Waals surface area contributed by atoms with Gasteiger partial charge in [-0.2, -0.15) is 18.2 Å². The third-order valence-corrected chi connectivity index (χ3v) is 6.29. The lowest BCUT2D eigenvalue weighted by molar-refractivity contribution is -0.138. The molecule has 1 fully saturated rings. The Morgan fingerprint density at radius 2 is 1.81 bits per heavy atom. The minimum Gasteiger partial charge on any atom is -0.439 e. The number of amides is 1. The summed E-state index contributed by atoms with van der Waals surface area (Å²) in [6.45, 7) is 8.08. The van der Waals surface area contributed by atoms with E-state index in [1.807, 2.05) is 4.90 Å². The summed E-state index contributed by atoms with van der Waals surface area (Å²) < 4.78 is 47.5. The number of nitrogens with two attached hydrogens (primary N) is 1. The highest BCUT2D eigenvalue weighted by Gasteiger charge is 2.34. The first-order chi connectivity index (χ1) is 17.6. The maximum Gasteiger partial charge on any atom is 0.416 e. The molecule has 196 valence electrons. The van der Waals surface area contributed by atoms with Crippen LogP contribution in [0.4, 0.5) is 24.8 Å². The molecule has 3 N–H and O–H groups in total. The zero-order chi connectivity index (χ0) is 26.6. The van der Waals surface area contributed by atoms with Crippen LogP contribution < -0.4 is 15.8 Å². The number of nitrogens with zero attached hydrogens (tertiary/aromatic N) is 4. The molecule has 1 aromatic heterocycles. The third-order valence-electron chi connectivity index (χ3n) is 6.29. The number of anilines is 2. The summed E-state index contributed by atoms with van der Waals surface area (Å²) >= 11 is 0. The fourth-order valence-electron chi connectivity index (χ4n) is 4.14. The molecule has 1 aliphatic heterocycles. The molecule has 1 amide bonds. The van der Waals surface area contributed by atoms with Crippen molar-refractivity contribution in [2.24, 2.45) is 0 Å². The van der Waals surface area contributed by atoms with Gasteiger partial charge in [0.15, 0.2) is 0 Å². The monoisotopic (exact) mass is 514 g/mol. The van der Waals surface area contributed by atoms with E-state index in [1.54, 1.807) is 19.1 Å². The molecule has 0 bridgehead atoms. The fourth-order valence-corrected chi connectivity index (χ4v) is 4.14. The molecule has 2 heterocycles. The van der Waals surface area contributed by atoms with E-state index in [9.17, 15) is 18.0 Å². The number of aromatic nitrogens is 2. The topological polar surface area (TPSA) is 96.6 Å². The summed E-state index contributed by atoms with van der Waals surface area (Å²) in [4.78, 5) is 25.0. The number of hydrogen-bond acceptors (Lipinski definition) is 7. The molecule has 1 aliphatic rings. The lowest BCUT2D eigenvalue weighted by Gasteiger charge is -2.34. The van der Waals surface area contributed by atoms with Gasteiger partial charge in [0.25, 0.3) is 5.91 Å². The van der Waals surface area contributed by atoms with Crippen molar-refractivity contribution in [2.45, 2.75) is 26.6 Å². The van der Waals surface area contributed by atoms with Gasteiger partial charge in [-0.25, -0.2) is 4.98 Å². The highest BCUT2D eigenvalue weighted by atomic mass is 19.4. The quantitative estimate of drug-likeness (QED) is 0.477. The predicted molar refractivity (Wildman–Crippen MR) is 134 cm³/mol. The Labute approximate surface area is 213 Å². The zero-order valence-corrected chi connectivity index (χ0v) is 20.7. The Bertz CT molecular complexity index is 1260. The molecular formula is C26H29F3N6O2. The lowest BCUT2D eigenvalue weighted by atomic mass is 10.0. The van der Waals surface area contributed by atoms with Crippen LogP contribution in [-0.4, -0.2) is 58.4 Å². The number of nitrogen functional groups attached to an aromatic ring is 1. The zero-order valence-electron chi connectivity index (χ0n) is 20.7. The maximum atomic E-state index is 13.9. The molecule has 4 rings (SSSR count). The van der Waals surface area contributed by atoms with Crippen molar-refractivity contribution < 1.29 is 22.7 Å².